The van der Waals surface area contributed by atoms with Crippen molar-refractivity contribution in [1.82, 2.24) is 0 Å². The van der Waals surface area contributed by atoms with Crippen LogP contribution < -0.4 is 0 Å². The van der Waals surface area contributed by atoms with Crippen LogP contribution in [-0.2, 0) is 9.53 Å². The highest BCUT2D eigenvalue weighted by Gasteiger charge is 2.15. The molecule has 0 heterocycles. The fourth-order valence-corrected chi connectivity index (χ4v) is 4.06. The number of carbonyl (C=O) groups excluding carboxylic acids is 1. The number of ether oxygens (including phenoxy) is 1. The third-order valence-corrected chi connectivity index (χ3v) is 5.28. The highest BCUT2D eigenvalue weighted by molar-refractivity contribution is 8.47. The monoisotopic (exact) mass is 308 g/mol. The molecule has 5 heteroatoms. The number of carbonyl (C=O) groups is 1. The molecule has 1 atom stereocenters. The van der Waals surface area contributed by atoms with E-state index < -0.39 is 0 Å². The van der Waals surface area contributed by atoms with E-state index in [1.165, 1.54) is 57.4 Å². The first-order valence-corrected chi connectivity index (χ1v) is 8.80. The molecule has 0 saturated heterocycles. The van der Waals surface area contributed by atoms with Crippen LogP contribution in [0.25, 0.3) is 0 Å². The molecule has 0 fully saturated rings. The Kier molecular flexibility index (Phi) is 12.5. The molecule has 2 nitrogen and oxygen atoms in total. The zero-order valence-corrected chi connectivity index (χ0v) is 14.0. The van der Waals surface area contributed by atoms with Gasteiger partial charge in [0.05, 0.1) is 7.11 Å². The molecular formula is C13H24O2S3. The standard InChI is InChI=1S/C13H24O2S3/c1-4-5-6-7-8-9-10-17-13(16)18-11(2)12(14)15-3/h11H,4-10H2,1-3H3. The Morgan fingerprint density at radius 2 is 1.83 bits per heavy atom. The SMILES string of the molecule is CCCCCCCCSC(=S)SC(C)C(=O)OC. The molecule has 0 aromatic heterocycles. The van der Waals surface area contributed by atoms with Crippen molar-refractivity contribution in [1.29, 1.82) is 0 Å². The first-order valence-electron chi connectivity index (χ1n) is 6.53. The van der Waals surface area contributed by atoms with Gasteiger partial charge in [0.1, 0.15) is 8.78 Å². The number of unbranched alkanes of at least 4 members (excludes halogenated alkanes) is 5. The van der Waals surface area contributed by atoms with E-state index in [4.69, 9.17) is 12.2 Å². The van der Waals surface area contributed by atoms with Crippen molar-refractivity contribution in [2.45, 2.75) is 57.6 Å². The van der Waals surface area contributed by atoms with Crippen molar-refractivity contribution < 1.29 is 9.53 Å². The molecule has 0 aliphatic heterocycles. The van der Waals surface area contributed by atoms with Crippen molar-refractivity contribution in [3.8, 4) is 0 Å². The van der Waals surface area contributed by atoms with Gasteiger partial charge in [-0.25, -0.2) is 0 Å². The average molecular weight is 309 g/mol. The van der Waals surface area contributed by atoms with Crippen molar-refractivity contribution >= 4 is 45.2 Å². The van der Waals surface area contributed by atoms with Crippen LogP contribution in [0.4, 0.5) is 0 Å². The van der Waals surface area contributed by atoms with E-state index in [0.29, 0.717) is 0 Å². The summed E-state index contributed by atoms with van der Waals surface area (Å²) in [7, 11) is 1.41. The Morgan fingerprint density at radius 3 is 2.44 bits per heavy atom. The summed E-state index contributed by atoms with van der Waals surface area (Å²) in [5.74, 6) is 0.855. The Morgan fingerprint density at radius 1 is 1.22 bits per heavy atom. The second-order valence-electron chi connectivity index (χ2n) is 4.15. The van der Waals surface area contributed by atoms with E-state index in [1.807, 2.05) is 6.92 Å². The molecule has 0 spiro atoms. The summed E-state index contributed by atoms with van der Waals surface area (Å²) in [6.45, 7) is 4.06. The summed E-state index contributed by atoms with van der Waals surface area (Å²) in [6, 6.07) is 0. The molecule has 0 radical (unpaired) electrons. The summed E-state index contributed by atoms with van der Waals surface area (Å²) in [5.41, 5.74) is 0. The normalized spacial score (nSPS) is 12.2. The first kappa shape index (κ1) is 18.3. The molecule has 106 valence electrons. The minimum absolute atomic E-state index is 0.195. The van der Waals surface area contributed by atoms with Gasteiger partial charge < -0.3 is 4.74 Å². The number of thiocarbonyl (C=S) groups is 1. The zero-order chi connectivity index (χ0) is 13.8. The van der Waals surface area contributed by atoms with Crippen molar-refractivity contribution in [3.63, 3.8) is 0 Å². The van der Waals surface area contributed by atoms with Gasteiger partial charge in [-0.1, -0.05) is 63.0 Å². The molecule has 0 saturated carbocycles. The van der Waals surface area contributed by atoms with Gasteiger partial charge in [0.2, 0.25) is 0 Å². The van der Waals surface area contributed by atoms with Crippen LogP contribution in [0.1, 0.15) is 52.4 Å². The predicted molar refractivity (Wildman–Crippen MR) is 87.5 cm³/mol. The quantitative estimate of drug-likeness (QED) is 0.351. The fraction of sp³-hybridized carbons (Fsp3) is 0.846. The Hall–Kier alpha value is 0.260. The molecule has 0 amide bonds. The van der Waals surface area contributed by atoms with E-state index in [0.717, 1.165) is 9.28 Å². The maximum absolute atomic E-state index is 11.2. The molecule has 0 aliphatic rings. The van der Waals surface area contributed by atoms with Crippen LogP contribution in [0.3, 0.4) is 0 Å². The van der Waals surface area contributed by atoms with Gasteiger partial charge in [-0.05, 0) is 19.1 Å². The second kappa shape index (κ2) is 12.3. The van der Waals surface area contributed by atoms with Crippen LogP contribution in [-0.4, -0.2) is 27.6 Å². The highest BCUT2D eigenvalue weighted by atomic mass is 32.2. The van der Waals surface area contributed by atoms with Gasteiger partial charge >= 0.3 is 5.97 Å². The smallest absolute Gasteiger partial charge is 0.318 e. The Labute approximate surface area is 125 Å². The molecule has 0 aromatic carbocycles. The maximum atomic E-state index is 11.2. The van der Waals surface area contributed by atoms with Crippen LogP contribution in [0.15, 0.2) is 0 Å². The van der Waals surface area contributed by atoms with Gasteiger partial charge in [0.25, 0.3) is 0 Å². The molecule has 0 aromatic rings. The largest absolute Gasteiger partial charge is 0.468 e. The van der Waals surface area contributed by atoms with Crippen LogP contribution in [0, 0.1) is 0 Å². The molecular weight excluding hydrogens is 284 g/mol. The van der Waals surface area contributed by atoms with Crippen LogP contribution >= 0.6 is 35.7 Å². The molecule has 0 bridgehead atoms. The third-order valence-electron chi connectivity index (χ3n) is 2.52. The van der Waals surface area contributed by atoms with Gasteiger partial charge in [-0.2, -0.15) is 0 Å². The summed E-state index contributed by atoms with van der Waals surface area (Å²) < 4.78 is 5.51. The lowest BCUT2D eigenvalue weighted by Crippen LogP contribution is -2.15. The van der Waals surface area contributed by atoms with E-state index in [-0.39, 0.29) is 11.2 Å². The van der Waals surface area contributed by atoms with E-state index in [2.05, 4.69) is 11.7 Å². The molecule has 0 rings (SSSR count). The molecule has 0 N–H and O–H groups in total. The van der Waals surface area contributed by atoms with Crippen molar-refractivity contribution in [2.24, 2.45) is 0 Å². The zero-order valence-electron chi connectivity index (χ0n) is 11.6. The lowest BCUT2D eigenvalue weighted by Gasteiger charge is -2.09. The first-order chi connectivity index (χ1) is 8.61. The minimum Gasteiger partial charge on any atom is -0.468 e. The van der Waals surface area contributed by atoms with Crippen molar-refractivity contribution in [3.05, 3.63) is 0 Å². The Balaban J connectivity index is 3.45. The average Bonchev–Trinajstić information content (AvgIpc) is 2.36. The predicted octanol–water partition coefficient (Wildman–Crippen LogP) is 4.66. The van der Waals surface area contributed by atoms with Crippen molar-refractivity contribution in [2.75, 3.05) is 12.9 Å². The fourth-order valence-electron chi connectivity index (χ4n) is 1.43. The number of thioether (sulfide) groups is 2. The van der Waals surface area contributed by atoms with Crippen LogP contribution in [0.5, 0.6) is 0 Å². The number of hydrogen-bond acceptors (Lipinski definition) is 5. The summed E-state index contributed by atoms with van der Waals surface area (Å²) >= 11 is 8.34. The van der Waals surface area contributed by atoms with E-state index >= 15 is 0 Å². The third kappa shape index (κ3) is 10.2. The highest BCUT2D eigenvalue weighted by Crippen LogP contribution is 2.23. The number of methoxy groups -OCH3 is 1. The van der Waals surface area contributed by atoms with E-state index in [1.54, 1.807) is 11.8 Å². The van der Waals surface area contributed by atoms with Gasteiger partial charge in [0, 0.05) is 0 Å². The Bertz CT molecular complexity index is 244. The molecule has 1 unspecified atom stereocenters. The van der Waals surface area contributed by atoms with E-state index in [9.17, 15) is 4.79 Å². The second-order valence-corrected chi connectivity index (χ2v) is 7.79. The number of esters is 1. The lowest BCUT2D eigenvalue weighted by molar-refractivity contribution is -0.139. The molecule has 18 heavy (non-hydrogen) atoms. The van der Waals surface area contributed by atoms with Gasteiger partial charge in [-0.15, -0.1) is 11.8 Å². The lowest BCUT2D eigenvalue weighted by atomic mass is 10.1. The summed E-state index contributed by atoms with van der Waals surface area (Å²) in [5, 5.41) is -0.195. The number of rotatable bonds is 9. The van der Waals surface area contributed by atoms with Gasteiger partial charge in [-0.3, -0.25) is 4.79 Å². The summed E-state index contributed by atoms with van der Waals surface area (Å²) in [6.07, 6.45) is 7.81. The minimum atomic E-state index is -0.206. The van der Waals surface area contributed by atoms with Crippen LogP contribution in [0.2, 0.25) is 0 Å². The summed E-state index contributed by atoms with van der Waals surface area (Å²) in [4.78, 5) is 11.2. The maximum Gasteiger partial charge on any atom is 0.318 e. The topological polar surface area (TPSA) is 26.3 Å². The van der Waals surface area contributed by atoms with Gasteiger partial charge in [0.15, 0.2) is 0 Å². The number of hydrogen-bond donors (Lipinski definition) is 0. The molecule has 0 aliphatic carbocycles.